The molecule has 0 spiro atoms. The largest absolute Gasteiger partial charge is 0.494 e. The van der Waals surface area contributed by atoms with E-state index in [2.05, 4.69) is 10.6 Å². The van der Waals surface area contributed by atoms with Gasteiger partial charge in [0.25, 0.3) is 11.8 Å². The predicted octanol–water partition coefficient (Wildman–Crippen LogP) is 5.84. The summed E-state index contributed by atoms with van der Waals surface area (Å²) < 4.78 is 11.2. The zero-order valence-corrected chi connectivity index (χ0v) is 18.7. The van der Waals surface area contributed by atoms with Gasteiger partial charge in [-0.25, -0.2) is 0 Å². The van der Waals surface area contributed by atoms with E-state index >= 15 is 0 Å². The number of hydrogen-bond acceptors (Lipinski definition) is 5. The number of nitrogens with one attached hydrogen (secondary N) is 2. The van der Waals surface area contributed by atoms with E-state index in [1.807, 2.05) is 47.8 Å². The molecule has 0 saturated heterocycles. The molecule has 0 unspecified atom stereocenters. The molecule has 4 aromatic rings. The van der Waals surface area contributed by atoms with E-state index in [1.165, 1.54) is 18.4 Å². The maximum absolute atomic E-state index is 12.8. The van der Waals surface area contributed by atoms with Crippen LogP contribution in [-0.4, -0.2) is 18.9 Å². The third-order valence-electron chi connectivity index (χ3n) is 4.80. The molecule has 1 aromatic heterocycles. The highest BCUT2D eigenvalue weighted by Crippen LogP contribution is 2.29. The molecule has 0 aliphatic rings. The van der Waals surface area contributed by atoms with E-state index in [-0.39, 0.29) is 11.8 Å². The van der Waals surface area contributed by atoms with Crippen molar-refractivity contribution in [1.82, 2.24) is 0 Å². The van der Waals surface area contributed by atoms with Crippen molar-refractivity contribution in [1.29, 1.82) is 0 Å². The minimum Gasteiger partial charge on any atom is -0.494 e. The highest BCUT2D eigenvalue weighted by atomic mass is 32.1. The van der Waals surface area contributed by atoms with E-state index in [4.69, 9.17) is 9.47 Å². The molecule has 166 valence electrons. The Morgan fingerprint density at radius 2 is 1.70 bits per heavy atom. The maximum atomic E-state index is 12.8. The van der Waals surface area contributed by atoms with Crippen LogP contribution in [0.5, 0.6) is 11.5 Å². The smallest absolute Gasteiger partial charge is 0.265 e. The minimum absolute atomic E-state index is 0.215. The van der Waals surface area contributed by atoms with Crippen LogP contribution in [-0.2, 0) is 6.61 Å². The molecule has 3 aromatic carbocycles. The summed E-state index contributed by atoms with van der Waals surface area (Å²) in [6.07, 6.45) is 0. The highest BCUT2D eigenvalue weighted by Gasteiger charge is 2.13. The summed E-state index contributed by atoms with van der Waals surface area (Å²) in [6, 6.07) is 25.5. The van der Waals surface area contributed by atoms with Crippen LogP contribution >= 0.6 is 11.3 Å². The Balaban J connectivity index is 1.42. The maximum Gasteiger partial charge on any atom is 0.265 e. The second kappa shape index (κ2) is 10.5. The average molecular weight is 459 g/mol. The van der Waals surface area contributed by atoms with Crippen LogP contribution < -0.4 is 20.1 Å². The molecule has 0 aliphatic carbocycles. The molecule has 0 radical (unpaired) electrons. The summed E-state index contributed by atoms with van der Waals surface area (Å²) in [7, 11) is 1.51. The van der Waals surface area contributed by atoms with Gasteiger partial charge in [-0.15, -0.1) is 11.3 Å². The lowest BCUT2D eigenvalue weighted by molar-refractivity contribution is 0.101. The monoisotopic (exact) mass is 458 g/mol. The standard InChI is InChI=1S/C26H22N2O4S/c1-31-23-16-20(12-13-22(23)28-26(30)24-11-6-14-33-24)27-25(29)19-9-5-10-21(15-19)32-17-18-7-3-2-4-8-18/h2-16H,17H2,1H3,(H,27,29)(H,28,30). The van der Waals surface area contributed by atoms with Gasteiger partial charge in [-0.2, -0.15) is 0 Å². The lowest BCUT2D eigenvalue weighted by atomic mass is 10.2. The Bertz CT molecular complexity index is 1240. The molecule has 0 saturated carbocycles. The molecular weight excluding hydrogens is 436 g/mol. The number of rotatable bonds is 8. The van der Waals surface area contributed by atoms with Crippen molar-refractivity contribution in [2.24, 2.45) is 0 Å². The number of methoxy groups -OCH3 is 1. The zero-order valence-electron chi connectivity index (χ0n) is 17.9. The summed E-state index contributed by atoms with van der Waals surface area (Å²) in [6.45, 7) is 0.418. The number of amides is 2. The van der Waals surface area contributed by atoms with Crippen LogP contribution in [0.15, 0.2) is 90.3 Å². The molecule has 6 nitrogen and oxygen atoms in total. The summed E-state index contributed by atoms with van der Waals surface area (Å²) in [5.74, 6) is 0.554. The number of carbonyl (C=O) groups excluding carboxylic acids is 2. The van der Waals surface area contributed by atoms with Crippen molar-refractivity contribution in [2.75, 3.05) is 17.7 Å². The Hall–Kier alpha value is -4.10. The van der Waals surface area contributed by atoms with E-state index < -0.39 is 0 Å². The second-order valence-electron chi connectivity index (χ2n) is 7.10. The van der Waals surface area contributed by atoms with Crippen LogP contribution in [0.2, 0.25) is 0 Å². The quantitative estimate of drug-likeness (QED) is 0.348. The van der Waals surface area contributed by atoms with Gasteiger partial charge in [0.05, 0.1) is 17.7 Å². The topological polar surface area (TPSA) is 76.7 Å². The average Bonchev–Trinajstić information content (AvgIpc) is 3.40. The van der Waals surface area contributed by atoms with Crippen molar-refractivity contribution >= 4 is 34.5 Å². The molecule has 2 amide bonds. The fraction of sp³-hybridized carbons (Fsp3) is 0.0769. The Morgan fingerprint density at radius 1 is 0.848 bits per heavy atom. The summed E-state index contributed by atoms with van der Waals surface area (Å²) >= 11 is 1.36. The number of anilines is 2. The van der Waals surface area contributed by atoms with Crippen molar-refractivity contribution in [3.63, 3.8) is 0 Å². The molecule has 7 heteroatoms. The number of thiophene rings is 1. The zero-order chi connectivity index (χ0) is 23.0. The van der Waals surface area contributed by atoms with Crippen molar-refractivity contribution in [3.8, 4) is 11.5 Å². The SMILES string of the molecule is COc1cc(NC(=O)c2cccc(OCc3ccccc3)c2)ccc1NC(=O)c1cccs1. The van der Waals surface area contributed by atoms with Crippen molar-refractivity contribution in [2.45, 2.75) is 6.61 Å². The fourth-order valence-corrected chi connectivity index (χ4v) is 3.75. The Kier molecular flexibility index (Phi) is 7.02. The summed E-state index contributed by atoms with van der Waals surface area (Å²) in [5.41, 5.74) is 2.58. The number of benzene rings is 3. The van der Waals surface area contributed by atoms with E-state index in [1.54, 1.807) is 42.5 Å². The van der Waals surface area contributed by atoms with E-state index in [0.29, 0.717) is 39.9 Å². The van der Waals surface area contributed by atoms with Crippen LogP contribution in [0.4, 0.5) is 11.4 Å². The second-order valence-corrected chi connectivity index (χ2v) is 8.05. The van der Waals surface area contributed by atoms with Crippen LogP contribution in [0.3, 0.4) is 0 Å². The third kappa shape index (κ3) is 5.78. The molecular formula is C26H22N2O4S. The Morgan fingerprint density at radius 3 is 2.45 bits per heavy atom. The van der Waals surface area contributed by atoms with Gasteiger partial charge in [0.15, 0.2) is 0 Å². The van der Waals surface area contributed by atoms with Gasteiger partial charge in [0.2, 0.25) is 0 Å². The van der Waals surface area contributed by atoms with Gasteiger partial charge in [0, 0.05) is 17.3 Å². The summed E-state index contributed by atoms with van der Waals surface area (Å²) in [4.78, 5) is 25.7. The number of ether oxygens (including phenoxy) is 2. The van der Waals surface area contributed by atoms with Crippen molar-refractivity contribution < 1.29 is 19.1 Å². The lowest BCUT2D eigenvalue weighted by Crippen LogP contribution is -2.13. The first-order chi connectivity index (χ1) is 16.1. The predicted molar refractivity (Wildman–Crippen MR) is 130 cm³/mol. The highest BCUT2D eigenvalue weighted by molar-refractivity contribution is 7.12. The Labute approximate surface area is 195 Å². The first kappa shape index (κ1) is 22.1. The van der Waals surface area contributed by atoms with Gasteiger partial charge in [-0.3, -0.25) is 9.59 Å². The number of carbonyl (C=O) groups is 2. The van der Waals surface area contributed by atoms with Gasteiger partial charge < -0.3 is 20.1 Å². The van der Waals surface area contributed by atoms with Crippen LogP contribution in [0.1, 0.15) is 25.6 Å². The van der Waals surface area contributed by atoms with Gasteiger partial charge in [-0.05, 0) is 47.3 Å². The molecule has 0 aliphatic heterocycles. The molecule has 2 N–H and O–H groups in total. The third-order valence-corrected chi connectivity index (χ3v) is 5.67. The first-order valence-electron chi connectivity index (χ1n) is 10.2. The molecule has 33 heavy (non-hydrogen) atoms. The normalized spacial score (nSPS) is 10.3. The lowest BCUT2D eigenvalue weighted by Gasteiger charge is -2.13. The van der Waals surface area contributed by atoms with Crippen LogP contribution in [0.25, 0.3) is 0 Å². The molecule has 0 fully saturated rings. The molecule has 0 bridgehead atoms. The van der Waals surface area contributed by atoms with Gasteiger partial charge in [-0.1, -0.05) is 42.5 Å². The molecule has 0 atom stereocenters. The van der Waals surface area contributed by atoms with Gasteiger partial charge in [0.1, 0.15) is 18.1 Å². The first-order valence-corrected chi connectivity index (χ1v) is 11.1. The van der Waals surface area contributed by atoms with E-state index in [9.17, 15) is 9.59 Å². The molecule has 1 heterocycles. The summed E-state index contributed by atoms with van der Waals surface area (Å²) in [5, 5.41) is 7.52. The fourth-order valence-electron chi connectivity index (χ4n) is 3.14. The van der Waals surface area contributed by atoms with Gasteiger partial charge >= 0.3 is 0 Å². The minimum atomic E-state index is -0.280. The van der Waals surface area contributed by atoms with Crippen molar-refractivity contribution in [3.05, 3.63) is 106 Å². The molecule has 4 rings (SSSR count). The van der Waals surface area contributed by atoms with E-state index in [0.717, 1.165) is 5.56 Å². The number of hydrogen-bond donors (Lipinski definition) is 2. The van der Waals surface area contributed by atoms with Crippen LogP contribution in [0, 0.1) is 0 Å².